The highest BCUT2D eigenvalue weighted by Gasteiger charge is 2.34. The third-order valence-electron chi connectivity index (χ3n) is 4.01. The fraction of sp³-hybridized carbons (Fsp3) is 0.562. The monoisotopic (exact) mass is 277 g/mol. The summed E-state index contributed by atoms with van der Waals surface area (Å²) in [5, 5.41) is 0. The zero-order chi connectivity index (χ0) is 14.5. The van der Waals surface area contributed by atoms with Gasteiger partial charge in [0.2, 0.25) is 0 Å². The third kappa shape index (κ3) is 3.51. The molecule has 2 atom stereocenters. The fourth-order valence-corrected chi connectivity index (χ4v) is 2.74. The second-order valence-electron chi connectivity index (χ2n) is 5.52. The predicted octanol–water partition coefficient (Wildman–Crippen LogP) is 2.11. The smallest absolute Gasteiger partial charge is 0.312 e. The number of nitrogens with zero attached hydrogens (tertiary/aromatic N) is 1. The van der Waals surface area contributed by atoms with Crippen LogP contribution < -0.4 is 4.74 Å². The van der Waals surface area contributed by atoms with E-state index in [4.69, 9.17) is 9.47 Å². The number of ether oxygens (including phenoxy) is 2. The van der Waals surface area contributed by atoms with Gasteiger partial charge >= 0.3 is 5.97 Å². The molecule has 1 fully saturated rings. The molecule has 20 heavy (non-hydrogen) atoms. The van der Waals surface area contributed by atoms with Crippen LogP contribution in [0.15, 0.2) is 24.3 Å². The number of benzene rings is 1. The van der Waals surface area contributed by atoms with Gasteiger partial charge in [0, 0.05) is 6.54 Å². The molecule has 1 aliphatic heterocycles. The topological polar surface area (TPSA) is 38.8 Å². The number of carbonyl (C=O) groups is 1. The van der Waals surface area contributed by atoms with Gasteiger partial charge in [0.25, 0.3) is 0 Å². The van der Waals surface area contributed by atoms with Gasteiger partial charge in [0.05, 0.1) is 13.0 Å². The SMILES string of the molecule is COC(=O)C(COc1ccccc1C)C1CCN(C)C1. The number of para-hydroxylation sites is 1. The van der Waals surface area contributed by atoms with Crippen LogP contribution in [0.1, 0.15) is 12.0 Å². The first-order valence-electron chi connectivity index (χ1n) is 7.06. The number of methoxy groups -OCH3 is 1. The molecule has 110 valence electrons. The summed E-state index contributed by atoms with van der Waals surface area (Å²) in [4.78, 5) is 14.2. The second-order valence-corrected chi connectivity index (χ2v) is 5.52. The molecule has 1 aromatic rings. The van der Waals surface area contributed by atoms with E-state index >= 15 is 0 Å². The summed E-state index contributed by atoms with van der Waals surface area (Å²) >= 11 is 0. The summed E-state index contributed by atoms with van der Waals surface area (Å²) in [6.07, 6.45) is 1.02. The zero-order valence-electron chi connectivity index (χ0n) is 12.5. The molecule has 2 unspecified atom stereocenters. The molecule has 1 aliphatic rings. The Hall–Kier alpha value is -1.55. The van der Waals surface area contributed by atoms with E-state index in [9.17, 15) is 4.79 Å². The number of aryl methyl sites for hydroxylation is 1. The Morgan fingerprint density at radius 2 is 2.20 bits per heavy atom. The molecule has 0 amide bonds. The summed E-state index contributed by atoms with van der Waals surface area (Å²) in [7, 11) is 3.53. The van der Waals surface area contributed by atoms with Gasteiger partial charge in [-0.05, 0) is 44.5 Å². The number of hydrogen-bond acceptors (Lipinski definition) is 4. The maximum absolute atomic E-state index is 12.0. The number of carbonyl (C=O) groups excluding carboxylic acids is 1. The van der Waals surface area contributed by atoms with Crippen molar-refractivity contribution in [2.45, 2.75) is 13.3 Å². The molecule has 1 heterocycles. The van der Waals surface area contributed by atoms with E-state index in [1.165, 1.54) is 7.11 Å². The Morgan fingerprint density at radius 3 is 2.80 bits per heavy atom. The Labute approximate surface area is 120 Å². The Kier molecular flexibility index (Phi) is 5.01. The minimum atomic E-state index is -0.190. The molecule has 4 heteroatoms. The van der Waals surface area contributed by atoms with Crippen molar-refractivity contribution in [2.24, 2.45) is 11.8 Å². The average molecular weight is 277 g/mol. The van der Waals surface area contributed by atoms with Crippen molar-refractivity contribution in [1.29, 1.82) is 0 Å². The number of esters is 1. The lowest BCUT2D eigenvalue weighted by atomic mass is 9.92. The molecule has 0 aliphatic carbocycles. The van der Waals surface area contributed by atoms with Gasteiger partial charge in [-0.3, -0.25) is 4.79 Å². The molecule has 0 spiro atoms. The number of likely N-dealkylation sites (tertiary alicyclic amines) is 1. The van der Waals surface area contributed by atoms with Crippen molar-refractivity contribution < 1.29 is 14.3 Å². The average Bonchev–Trinajstić information content (AvgIpc) is 2.87. The van der Waals surface area contributed by atoms with E-state index in [1.54, 1.807) is 0 Å². The maximum Gasteiger partial charge on any atom is 0.312 e. The highest BCUT2D eigenvalue weighted by Crippen LogP contribution is 2.26. The van der Waals surface area contributed by atoms with Crippen LogP contribution in [0, 0.1) is 18.8 Å². The molecule has 4 nitrogen and oxygen atoms in total. The van der Waals surface area contributed by atoms with Crippen LogP contribution in [0.5, 0.6) is 5.75 Å². The minimum Gasteiger partial charge on any atom is -0.492 e. The van der Waals surface area contributed by atoms with Crippen LogP contribution in [0.2, 0.25) is 0 Å². The summed E-state index contributed by atoms with van der Waals surface area (Å²) < 4.78 is 10.8. The van der Waals surface area contributed by atoms with Crippen molar-refractivity contribution in [3.8, 4) is 5.75 Å². The number of rotatable bonds is 5. The molecule has 0 aromatic heterocycles. The van der Waals surface area contributed by atoms with Gasteiger partial charge in [-0.2, -0.15) is 0 Å². The Balaban J connectivity index is 2.01. The van der Waals surface area contributed by atoms with Crippen LogP contribution >= 0.6 is 0 Å². The standard InChI is InChI=1S/C16H23NO3/c1-12-6-4-5-7-15(12)20-11-14(16(18)19-3)13-8-9-17(2)10-13/h4-7,13-14H,8-11H2,1-3H3. The van der Waals surface area contributed by atoms with Crippen LogP contribution in [-0.4, -0.2) is 44.7 Å². The molecule has 1 saturated heterocycles. The first-order valence-corrected chi connectivity index (χ1v) is 7.06. The van der Waals surface area contributed by atoms with Gasteiger partial charge in [-0.15, -0.1) is 0 Å². The van der Waals surface area contributed by atoms with Gasteiger partial charge in [0.1, 0.15) is 12.4 Å². The van der Waals surface area contributed by atoms with Crippen molar-refractivity contribution in [3.63, 3.8) is 0 Å². The summed E-state index contributed by atoms with van der Waals surface area (Å²) in [5.41, 5.74) is 1.08. The highest BCUT2D eigenvalue weighted by atomic mass is 16.5. The van der Waals surface area contributed by atoms with E-state index in [1.807, 2.05) is 31.2 Å². The molecule has 0 saturated carbocycles. The van der Waals surface area contributed by atoms with Crippen molar-refractivity contribution in [3.05, 3.63) is 29.8 Å². The quantitative estimate of drug-likeness (QED) is 0.773. The lowest BCUT2D eigenvalue weighted by Crippen LogP contribution is -2.32. The molecule has 0 bridgehead atoms. The highest BCUT2D eigenvalue weighted by molar-refractivity contribution is 5.73. The Bertz CT molecular complexity index is 461. The predicted molar refractivity (Wildman–Crippen MR) is 77.8 cm³/mol. The van der Waals surface area contributed by atoms with Crippen molar-refractivity contribution in [1.82, 2.24) is 4.90 Å². The second kappa shape index (κ2) is 6.75. The summed E-state index contributed by atoms with van der Waals surface area (Å²) in [6.45, 7) is 4.35. The third-order valence-corrected chi connectivity index (χ3v) is 4.01. The summed E-state index contributed by atoms with van der Waals surface area (Å²) in [6, 6.07) is 7.86. The first-order chi connectivity index (χ1) is 9.61. The molecular weight excluding hydrogens is 254 g/mol. The normalized spacial score (nSPS) is 20.6. The van der Waals surface area contributed by atoms with Crippen molar-refractivity contribution in [2.75, 3.05) is 33.9 Å². The van der Waals surface area contributed by atoms with E-state index in [0.29, 0.717) is 12.5 Å². The minimum absolute atomic E-state index is 0.168. The van der Waals surface area contributed by atoms with Crippen LogP contribution in [-0.2, 0) is 9.53 Å². The zero-order valence-corrected chi connectivity index (χ0v) is 12.5. The van der Waals surface area contributed by atoms with E-state index in [-0.39, 0.29) is 11.9 Å². The van der Waals surface area contributed by atoms with Crippen molar-refractivity contribution >= 4 is 5.97 Å². The Morgan fingerprint density at radius 1 is 1.45 bits per heavy atom. The largest absolute Gasteiger partial charge is 0.492 e. The van der Waals surface area contributed by atoms with Gasteiger partial charge in [0.15, 0.2) is 0 Å². The molecule has 0 N–H and O–H groups in total. The van der Waals surface area contributed by atoms with E-state index in [2.05, 4.69) is 11.9 Å². The van der Waals surface area contributed by atoms with E-state index in [0.717, 1.165) is 30.8 Å². The van der Waals surface area contributed by atoms with Crippen LogP contribution in [0.3, 0.4) is 0 Å². The fourth-order valence-electron chi connectivity index (χ4n) is 2.74. The lowest BCUT2D eigenvalue weighted by molar-refractivity contribution is -0.148. The van der Waals surface area contributed by atoms with Gasteiger partial charge in [-0.25, -0.2) is 0 Å². The first kappa shape index (κ1) is 14.9. The van der Waals surface area contributed by atoms with Gasteiger partial charge in [-0.1, -0.05) is 18.2 Å². The van der Waals surface area contributed by atoms with Crippen LogP contribution in [0.25, 0.3) is 0 Å². The van der Waals surface area contributed by atoms with Crippen LogP contribution in [0.4, 0.5) is 0 Å². The number of hydrogen-bond donors (Lipinski definition) is 0. The van der Waals surface area contributed by atoms with Gasteiger partial charge < -0.3 is 14.4 Å². The molecule has 0 radical (unpaired) electrons. The maximum atomic E-state index is 12.0. The molecular formula is C16H23NO3. The van der Waals surface area contributed by atoms with E-state index < -0.39 is 0 Å². The molecule has 2 rings (SSSR count). The molecule has 1 aromatic carbocycles. The summed E-state index contributed by atoms with van der Waals surface area (Å²) in [5.74, 6) is 0.799. The lowest BCUT2D eigenvalue weighted by Gasteiger charge is -2.22.